The number of nitrogens with one attached hydrogen (secondary N) is 1. The molecule has 25 heavy (non-hydrogen) atoms. The van der Waals surface area contributed by atoms with Crippen molar-refractivity contribution < 1.29 is 18.8 Å². The molecule has 0 aliphatic heterocycles. The van der Waals surface area contributed by atoms with Gasteiger partial charge in [-0.15, -0.1) is 0 Å². The fourth-order valence-electron chi connectivity index (χ4n) is 2.16. The second-order valence-electron chi connectivity index (χ2n) is 6.99. The molecule has 0 saturated carbocycles. The average molecular weight is 349 g/mol. The van der Waals surface area contributed by atoms with Crippen molar-refractivity contribution in [1.82, 2.24) is 15.5 Å². The lowest BCUT2D eigenvalue weighted by Crippen LogP contribution is -2.28. The number of hydrogen-bond acceptors (Lipinski definition) is 5. The van der Waals surface area contributed by atoms with Crippen LogP contribution in [0, 0.1) is 5.82 Å². The molecule has 2 N–H and O–H groups in total. The molecule has 136 valence electrons. The van der Waals surface area contributed by atoms with E-state index < -0.39 is 6.10 Å². The molecule has 0 fully saturated rings. The van der Waals surface area contributed by atoms with Gasteiger partial charge in [-0.2, -0.15) is 4.98 Å². The minimum absolute atomic E-state index is 0.0825. The number of rotatable bonds is 7. The number of benzene rings is 1. The lowest BCUT2D eigenvalue weighted by Gasteiger charge is -2.12. The quantitative estimate of drug-likeness (QED) is 0.802. The van der Waals surface area contributed by atoms with E-state index in [-0.39, 0.29) is 23.7 Å². The number of carbonyl (C=O) groups is 1. The van der Waals surface area contributed by atoms with Crippen molar-refractivity contribution in [3.63, 3.8) is 0 Å². The summed E-state index contributed by atoms with van der Waals surface area (Å²) in [6.45, 7) is 6.09. The number of aryl methyl sites for hydroxylation is 1. The predicted molar refractivity (Wildman–Crippen MR) is 90.3 cm³/mol. The summed E-state index contributed by atoms with van der Waals surface area (Å²) in [7, 11) is 0. The molecule has 6 nitrogen and oxygen atoms in total. The highest BCUT2D eigenvalue weighted by atomic mass is 19.1. The van der Waals surface area contributed by atoms with Crippen molar-refractivity contribution in [2.75, 3.05) is 6.54 Å². The summed E-state index contributed by atoms with van der Waals surface area (Å²) < 4.78 is 18.0. The van der Waals surface area contributed by atoms with Crippen LogP contribution in [-0.2, 0) is 16.6 Å². The van der Waals surface area contributed by atoms with Gasteiger partial charge < -0.3 is 14.9 Å². The summed E-state index contributed by atoms with van der Waals surface area (Å²) >= 11 is 0. The topological polar surface area (TPSA) is 88.2 Å². The molecule has 7 heteroatoms. The first-order valence-corrected chi connectivity index (χ1v) is 8.29. The van der Waals surface area contributed by atoms with Crippen molar-refractivity contribution in [3.05, 3.63) is 47.4 Å². The van der Waals surface area contributed by atoms with Gasteiger partial charge in [0.15, 0.2) is 5.82 Å². The molecule has 0 aliphatic rings. The summed E-state index contributed by atoms with van der Waals surface area (Å²) in [4.78, 5) is 16.2. The Labute approximate surface area is 146 Å². The molecule has 1 unspecified atom stereocenters. The van der Waals surface area contributed by atoms with Crippen LogP contribution >= 0.6 is 0 Å². The zero-order chi connectivity index (χ0) is 18.4. The van der Waals surface area contributed by atoms with Crippen LogP contribution in [0.2, 0.25) is 0 Å². The summed E-state index contributed by atoms with van der Waals surface area (Å²) in [5.74, 6) is 0.630. The zero-order valence-electron chi connectivity index (χ0n) is 14.8. The van der Waals surface area contributed by atoms with E-state index in [1.165, 1.54) is 24.3 Å². The maximum absolute atomic E-state index is 12.8. The summed E-state index contributed by atoms with van der Waals surface area (Å²) in [5.41, 5.74) is 0.387. The van der Waals surface area contributed by atoms with E-state index in [9.17, 15) is 14.3 Å². The number of aliphatic hydroxyl groups excluding tert-OH is 1. The number of aromatic nitrogens is 2. The summed E-state index contributed by atoms with van der Waals surface area (Å²) in [6.07, 6.45) is 0.528. The number of aliphatic hydroxyl groups is 1. The molecule has 0 spiro atoms. The van der Waals surface area contributed by atoms with Gasteiger partial charge in [-0.3, -0.25) is 4.79 Å². The van der Waals surface area contributed by atoms with Gasteiger partial charge in [0.1, 0.15) is 5.82 Å². The molecule has 1 heterocycles. The minimum atomic E-state index is -0.866. The predicted octanol–water partition coefficient (Wildman–Crippen LogP) is 2.68. The highest BCUT2D eigenvalue weighted by Gasteiger charge is 2.20. The molecule has 0 saturated heterocycles. The number of amides is 1. The van der Waals surface area contributed by atoms with E-state index in [1.807, 2.05) is 20.8 Å². The number of nitrogens with zero attached hydrogens (tertiary/aromatic N) is 2. The highest BCUT2D eigenvalue weighted by molar-refractivity contribution is 5.75. The van der Waals surface area contributed by atoms with Gasteiger partial charge in [-0.05, 0) is 24.1 Å². The third-order valence-corrected chi connectivity index (χ3v) is 3.68. The van der Waals surface area contributed by atoms with Crippen LogP contribution in [0.4, 0.5) is 4.39 Å². The van der Waals surface area contributed by atoms with Crippen molar-refractivity contribution in [2.24, 2.45) is 0 Å². The average Bonchev–Trinajstić information content (AvgIpc) is 3.02. The molecule has 1 aromatic heterocycles. The van der Waals surface area contributed by atoms with Gasteiger partial charge in [-0.25, -0.2) is 4.39 Å². The number of hydrogen-bond donors (Lipinski definition) is 2. The van der Waals surface area contributed by atoms with E-state index in [0.29, 0.717) is 36.5 Å². The molecule has 1 aromatic carbocycles. The van der Waals surface area contributed by atoms with Crippen LogP contribution in [0.15, 0.2) is 28.8 Å². The fourth-order valence-corrected chi connectivity index (χ4v) is 2.16. The molecule has 0 aliphatic carbocycles. The Balaban J connectivity index is 1.70. The molecular weight excluding hydrogens is 325 g/mol. The van der Waals surface area contributed by atoms with E-state index in [1.54, 1.807) is 0 Å². The second-order valence-corrected chi connectivity index (χ2v) is 6.99. The summed E-state index contributed by atoms with van der Waals surface area (Å²) in [5, 5.41) is 16.6. The van der Waals surface area contributed by atoms with Crippen LogP contribution in [0.25, 0.3) is 0 Å². The Bertz CT molecular complexity index is 692. The van der Waals surface area contributed by atoms with Crippen LogP contribution in [0.5, 0.6) is 0 Å². The fraction of sp³-hybridized carbons (Fsp3) is 0.500. The van der Waals surface area contributed by atoms with Crippen LogP contribution in [0.1, 0.15) is 57.0 Å². The molecule has 2 rings (SSSR count). The van der Waals surface area contributed by atoms with Gasteiger partial charge in [0, 0.05) is 24.8 Å². The third kappa shape index (κ3) is 5.94. The van der Waals surface area contributed by atoms with Gasteiger partial charge in [0.05, 0.1) is 6.10 Å². The standard InChI is InChI=1S/C18H24FN3O3/c1-18(2,3)17-21-16(25-22-17)6-4-5-15(24)20-11-14(23)12-7-9-13(19)10-8-12/h7-10,14,23H,4-6,11H2,1-3H3,(H,20,24). The molecule has 2 aromatic rings. The largest absolute Gasteiger partial charge is 0.387 e. The second kappa shape index (κ2) is 8.20. The van der Waals surface area contributed by atoms with Gasteiger partial charge in [0.2, 0.25) is 11.8 Å². The molecule has 1 amide bonds. The van der Waals surface area contributed by atoms with E-state index in [0.717, 1.165) is 0 Å². The van der Waals surface area contributed by atoms with E-state index >= 15 is 0 Å². The normalized spacial score (nSPS) is 12.8. The van der Waals surface area contributed by atoms with Crippen molar-refractivity contribution in [1.29, 1.82) is 0 Å². The smallest absolute Gasteiger partial charge is 0.226 e. The first-order valence-electron chi connectivity index (χ1n) is 8.29. The van der Waals surface area contributed by atoms with E-state index in [2.05, 4.69) is 15.5 Å². The Kier molecular flexibility index (Phi) is 6.25. The van der Waals surface area contributed by atoms with Crippen LogP contribution in [0.3, 0.4) is 0 Å². The lowest BCUT2D eigenvalue weighted by molar-refractivity contribution is -0.121. The Morgan fingerprint density at radius 2 is 2.00 bits per heavy atom. The summed E-state index contributed by atoms with van der Waals surface area (Å²) in [6, 6.07) is 5.54. The van der Waals surface area contributed by atoms with Crippen molar-refractivity contribution in [2.45, 2.75) is 51.6 Å². The monoisotopic (exact) mass is 349 g/mol. The lowest BCUT2D eigenvalue weighted by atomic mass is 9.96. The first kappa shape index (κ1) is 19.1. The highest BCUT2D eigenvalue weighted by Crippen LogP contribution is 2.19. The number of halogens is 1. The zero-order valence-corrected chi connectivity index (χ0v) is 14.8. The molecule has 1 atom stereocenters. The molecular formula is C18H24FN3O3. The molecule has 0 bridgehead atoms. The Hall–Kier alpha value is -2.28. The van der Waals surface area contributed by atoms with Gasteiger partial charge in [-0.1, -0.05) is 38.1 Å². The number of carbonyl (C=O) groups excluding carboxylic acids is 1. The third-order valence-electron chi connectivity index (χ3n) is 3.68. The van der Waals surface area contributed by atoms with E-state index in [4.69, 9.17) is 4.52 Å². The Morgan fingerprint density at radius 1 is 1.32 bits per heavy atom. The minimum Gasteiger partial charge on any atom is -0.387 e. The van der Waals surface area contributed by atoms with Gasteiger partial charge >= 0.3 is 0 Å². The van der Waals surface area contributed by atoms with Crippen LogP contribution < -0.4 is 5.32 Å². The maximum Gasteiger partial charge on any atom is 0.226 e. The molecule has 0 radical (unpaired) electrons. The van der Waals surface area contributed by atoms with Crippen LogP contribution in [-0.4, -0.2) is 27.7 Å². The first-order chi connectivity index (χ1) is 11.8. The van der Waals surface area contributed by atoms with Crippen molar-refractivity contribution in [3.8, 4) is 0 Å². The van der Waals surface area contributed by atoms with Gasteiger partial charge in [0.25, 0.3) is 0 Å². The van der Waals surface area contributed by atoms with Crippen molar-refractivity contribution >= 4 is 5.91 Å². The SMILES string of the molecule is CC(C)(C)c1noc(CCCC(=O)NCC(O)c2ccc(F)cc2)n1. The maximum atomic E-state index is 12.8. The Morgan fingerprint density at radius 3 is 2.60 bits per heavy atom.